The molecule has 0 fully saturated rings. The van der Waals surface area contributed by atoms with Gasteiger partial charge in [0, 0.05) is 0 Å². The monoisotopic (exact) mass is 185 g/mol. The van der Waals surface area contributed by atoms with Gasteiger partial charge < -0.3 is 4.74 Å². The molecule has 11 heavy (non-hydrogen) atoms. The van der Waals surface area contributed by atoms with Crippen molar-refractivity contribution in [3.63, 3.8) is 0 Å². The van der Waals surface area contributed by atoms with Crippen LogP contribution >= 0.6 is 0 Å². The lowest BCUT2D eigenvalue weighted by molar-refractivity contribution is 0.00892. The minimum absolute atomic E-state index is 0.262. The van der Waals surface area contributed by atoms with Gasteiger partial charge in [0.05, 0.1) is 12.7 Å². The third-order valence-corrected chi connectivity index (χ3v) is 1.62. The Hall–Kier alpha value is -0.200. The molecule has 1 atom stereocenters. The minimum atomic E-state index is -4.46. The van der Waals surface area contributed by atoms with E-state index in [0.717, 1.165) is 0 Å². The van der Waals surface area contributed by atoms with Crippen LogP contribution in [0.3, 0.4) is 0 Å². The van der Waals surface area contributed by atoms with Crippen molar-refractivity contribution in [2.24, 2.45) is 0 Å². The first-order valence-corrected chi connectivity index (χ1v) is 4.63. The molecular formula is C5H10FO4S. The van der Waals surface area contributed by atoms with Crippen LogP contribution in [0.4, 0.5) is 3.89 Å². The van der Waals surface area contributed by atoms with E-state index in [9.17, 15) is 17.4 Å². The van der Waals surface area contributed by atoms with Crippen LogP contribution in [0.15, 0.2) is 0 Å². The SMILES string of the molecule is CC(C[O])OCCS(=O)(=O)F. The molecule has 0 aromatic heterocycles. The Kier molecular flexibility index (Phi) is 4.55. The van der Waals surface area contributed by atoms with E-state index in [1.165, 1.54) is 6.92 Å². The van der Waals surface area contributed by atoms with Gasteiger partial charge in [-0.2, -0.15) is 8.42 Å². The van der Waals surface area contributed by atoms with Crippen LogP contribution in [0.5, 0.6) is 0 Å². The predicted octanol–water partition coefficient (Wildman–Crippen LogP) is 0.121. The standard InChI is InChI=1S/C5H10FO4S/c1-5(4-7)10-2-3-11(6,8)9/h5H,2-4H2,1H3. The fraction of sp³-hybridized carbons (Fsp3) is 1.00. The molecule has 0 N–H and O–H groups in total. The zero-order chi connectivity index (χ0) is 8.91. The molecule has 0 aliphatic rings. The lowest BCUT2D eigenvalue weighted by Gasteiger charge is -2.06. The number of hydrogen-bond donors (Lipinski definition) is 0. The molecule has 0 rings (SSSR count). The highest BCUT2D eigenvalue weighted by atomic mass is 32.3. The second-order valence-corrected chi connectivity index (χ2v) is 3.58. The average Bonchev–Trinajstić information content (AvgIpc) is 1.85. The summed E-state index contributed by atoms with van der Waals surface area (Å²) in [7, 11) is -4.46. The zero-order valence-corrected chi connectivity index (χ0v) is 6.93. The van der Waals surface area contributed by atoms with Gasteiger partial charge in [-0.1, -0.05) is 0 Å². The van der Waals surface area contributed by atoms with E-state index < -0.39 is 28.7 Å². The van der Waals surface area contributed by atoms with Gasteiger partial charge >= 0.3 is 10.2 Å². The third kappa shape index (κ3) is 7.70. The Morgan fingerprint density at radius 2 is 2.09 bits per heavy atom. The lowest BCUT2D eigenvalue weighted by atomic mass is 10.4. The van der Waals surface area contributed by atoms with Crippen molar-refractivity contribution in [1.82, 2.24) is 0 Å². The topological polar surface area (TPSA) is 63.3 Å². The van der Waals surface area contributed by atoms with Gasteiger partial charge in [0.25, 0.3) is 0 Å². The largest absolute Gasteiger partial charge is 0.375 e. The Labute approximate surface area is 65.2 Å². The quantitative estimate of drug-likeness (QED) is 0.571. The fourth-order valence-corrected chi connectivity index (χ4v) is 0.692. The summed E-state index contributed by atoms with van der Waals surface area (Å²) in [6, 6.07) is 0. The van der Waals surface area contributed by atoms with Crippen LogP contribution < -0.4 is 0 Å². The van der Waals surface area contributed by atoms with E-state index >= 15 is 0 Å². The molecule has 0 aromatic rings. The second-order valence-electron chi connectivity index (χ2n) is 2.09. The summed E-state index contributed by atoms with van der Waals surface area (Å²) in [6.07, 6.45) is -0.559. The molecule has 0 saturated carbocycles. The highest BCUT2D eigenvalue weighted by Crippen LogP contribution is 1.93. The first-order chi connectivity index (χ1) is 4.95. The summed E-state index contributed by atoms with van der Waals surface area (Å²) in [5.74, 6) is -0.683. The summed E-state index contributed by atoms with van der Waals surface area (Å²) < 4.78 is 36.1. The first-order valence-electron chi connectivity index (χ1n) is 3.07. The Balaban J connectivity index is 3.43. The van der Waals surface area contributed by atoms with E-state index in [1.807, 2.05) is 0 Å². The van der Waals surface area contributed by atoms with Crippen molar-refractivity contribution in [3.05, 3.63) is 0 Å². The Bertz CT molecular complexity index is 189. The van der Waals surface area contributed by atoms with Crippen LogP contribution in [-0.4, -0.2) is 33.5 Å². The molecule has 0 spiro atoms. The molecule has 0 amide bonds. The van der Waals surface area contributed by atoms with E-state index in [0.29, 0.717) is 0 Å². The third-order valence-electron chi connectivity index (χ3n) is 0.964. The molecule has 0 heterocycles. The molecule has 0 saturated heterocycles. The summed E-state index contributed by atoms with van der Waals surface area (Å²) in [5, 5.41) is 10.0. The smallest absolute Gasteiger partial charge is 0.304 e. The Morgan fingerprint density at radius 1 is 1.55 bits per heavy atom. The van der Waals surface area contributed by atoms with Crippen molar-refractivity contribution >= 4 is 10.2 Å². The molecule has 0 bridgehead atoms. The number of rotatable bonds is 5. The maximum atomic E-state index is 11.8. The second kappa shape index (κ2) is 4.63. The van der Waals surface area contributed by atoms with Gasteiger partial charge in [-0.3, -0.25) is 0 Å². The van der Waals surface area contributed by atoms with Crippen molar-refractivity contribution in [1.29, 1.82) is 0 Å². The summed E-state index contributed by atoms with van der Waals surface area (Å²) in [6.45, 7) is 0.784. The molecule has 4 nitrogen and oxygen atoms in total. The molecule has 1 unspecified atom stereocenters. The minimum Gasteiger partial charge on any atom is -0.375 e. The maximum Gasteiger partial charge on any atom is 0.304 e. The molecular weight excluding hydrogens is 175 g/mol. The van der Waals surface area contributed by atoms with Gasteiger partial charge in [-0.25, -0.2) is 5.11 Å². The van der Waals surface area contributed by atoms with Crippen molar-refractivity contribution in [2.75, 3.05) is 19.0 Å². The van der Waals surface area contributed by atoms with Gasteiger partial charge in [-0.15, -0.1) is 3.89 Å². The zero-order valence-electron chi connectivity index (χ0n) is 6.12. The molecule has 6 heteroatoms. The van der Waals surface area contributed by atoms with Crippen molar-refractivity contribution < 1.29 is 22.1 Å². The maximum absolute atomic E-state index is 11.8. The van der Waals surface area contributed by atoms with E-state index in [1.54, 1.807) is 0 Å². The van der Waals surface area contributed by atoms with Crippen LogP contribution in [-0.2, 0) is 20.1 Å². The van der Waals surface area contributed by atoms with Gasteiger partial charge in [0.2, 0.25) is 0 Å². The summed E-state index contributed by atoms with van der Waals surface area (Å²) in [4.78, 5) is 0. The van der Waals surface area contributed by atoms with Crippen molar-refractivity contribution in [3.8, 4) is 0 Å². The Morgan fingerprint density at radius 3 is 2.45 bits per heavy atom. The van der Waals surface area contributed by atoms with Gasteiger partial charge in [0.15, 0.2) is 0 Å². The van der Waals surface area contributed by atoms with Crippen LogP contribution in [0, 0.1) is 0 Å². The van der Waals surface area contributed by atoms with Crippen LogP contribution in [0.25, 0.3) is 0 Å². The highest BCUT2D eigenvalue weighted by molar-refractivity contribution is 7.86. The molecule has 67 valence electrons. The van der Waals surface area contributed by atoms with Crippen molar-refractivity contribution in [2.45, 2.75) is 13.0 Å². The lowest BCUT2D eigenvalue weighted by Crippen LogP contribution is -2.16. The van der Waals surface area contributed by atoms with Gasteiger partial charge in [-0.05, 0) is 6.92 Å². The van der Waals surface area contributed by atoms with E-state index in [4.69, 9.17) is 0 Å². The predicted molar refractivity (Wildman–Crippen MR) is 35.9 cm³/mol. The summed E-state index contributed by atoms with van der Waals surface area (Å²) in [5.41, 5.74) is 0. The first kappa shape index (κ1) is 10.8. The van der Waals surface area contributed by atoms with Crippen LogP contribution in [0.2, 0.25) is 0 Å². The molecule has 0 aliphatic carbocycles. The van der Waals surface area contributed by atoms with Gasteiger partial charge in [0.1, 0.15) is 12.4 Å². The normalized spacial score (nSPS) is 14.8. The van der Waals surface area contributed by atoms with Crippen LogP contribution in [0.1, 0.15) is 6.92 Å². The number of hydrogen-bond acceptors (Lipinski definition) is 3. The summed E-state index contributed by atoms with van der Waals surface area (Å²) >= 11 is 0. The fourth-order valence-electron chi connectivity index (χ4n) is 0.397. The number of halogens is 1. The molecule has 0 aliphatic heterocycles. The average molecular weight is 185 g/mol. The number of ether oxygens (including phenoxy) is 1. The van der Waals surface area contributed by atoms with E-state index in [-0.39, 0.29) is 6.61 Å². The molecule has 1 radical (unpaired) electrons. The van der Waals surface area contributed by atoms with E-state index in [2.05, 4.69) is 4.74 Å². The molecule has 0 aromatic carbocycles. The highest BCUT2D eigenvalue weighted by Gasteiger charge is 2.08.